The molecule has 3 N–H and O–H groups in total. The highest BCUT2D eigenvalue weighted by Gasteiger charge is 2.27. The maximum absolute atomic E-state index is 9.31. The van der Waals surface area contributed by atoms with Crippen LogP contribution in [0.4, 0.5) is 0 Å². The van der Waals surface area contributed by atoms with Crippen molar-refractivity contribution in [1.29, 1.82) is 0 Å². The van der Waals surface area contributed by atoms with Crippen LogP contribution in [0.1, 0.15) is 72.1 Å². The molecule has 26 heavy (non-hydrogen) atoms. The Balaban J connectivity index is 1.80. The average Bonchev–Trinajstić information content (AvgIpc) is 3.15. The van der Waals surface area contributed by atoms with E-state index >= 15 is 0 Å². The van der Waals surface area contributed by atoms with Gasteiger partial charge in [-0.15, -0.1) is 0 Å². The Labute approximate surface area is 161 Å². The first-order valence-electron chi connectivity index (χ1n) is 11.0. The van der Waals surface area contributed by atoms with Gasteiger partial charge in [-0.25, -0.2) is 0 Å². The van der Waals surface area contributed by atoms with E-state index in [-0.39, 0.29) is 6.61 Å². The van der Waals surface area contributed by atoms with E-state index in [2.05, 4.69) is 36.3 Å². The van der Waals surface area contributed by atoms with Gasteiger partial charge in [0.25, 0.3) is 0 Å². The lowest BCUT2D eigenvalue weighted by Gasteiger charge is -2.36. The van der Waals surface area contributed by atoms with Crippen LogP contribution in [0, 0.1) is 11.8 Å². The van der Waals surface area contributed by atoms with Gasteiger partial charge in [0, 0.05) is 44.9 Å². The van der Waals surface area contributed by atoms with E-state index < -0.39 is 0 Å². The molecule has 0 aromatic carbocycles. The first kappa shape index (κ1) is 21.5. The van der Waals surface area contributed by atoms with Gasteiger partial charge in [-0.2, -0.15) is 0 Å². The van der Waals surface area contributed by atoms with Crippen molar-refractivity contribution in [2.45, 2.75) is 84.2 Å². The zero-order valence-electron chi connectivity index (χ0n) is 17.3. The molecule has 2 fully saturated rings. The molecule has 0 amide bonds. The molecule has 5 nitrogen and oxygen atoms in total. The molecule has 1 saturated carbocycles. The number of aliphatic hydroxyl groups is 1. The number of nitrogens with zero attached hydrogens (tertiary/aromatic N) is 2. The highest BCUT2D eigenvalue weighted by molar-refractivity contribution is 5.80. The fraction of sp³-hybridized carbons (Fsp3) is 0.952. The van der Waals surface area contributed by atoms with Crippen LogP contribution in [-0.2, 0) is 0 Å². The number of guanidine groups is 1. The number of nitrogens with one attached hydrogen (secondary N) is 2. The largest absolute Gasteiger partial charge is 0.396 e. The minimum absolute atomic E-state index is 0.260. The highest BCUT2D eigenvalue weighted by atomic mass is 16.3. The molecule has 1 unspecified atom stereocenters. The van der Waals surface area contributed by atoms with E-state index in [1.165, 1.54) is 51.6 Å². The summed E-state index contributed by atoms with van der Waals surface area (Å²) in [5, 5.41) is 16.4. The van der Waals surface area contributed by atoms with Gasteiger partial charge >= 0.3 is 0 Å². The fourth-order valence-corrected chi connectivity index (χ4v) is 4.55. The van der Waals surface area contributed by atoms with E-state index in [0.717, 1.165) is 37.9 Å². The molecule has 1 saturated heterocycles. The van der Waals surface area contributed by atoms with Crippen molar-refractivity contribution >= 4 is 5.96 Å². The molecule has 1 atom stereocenters. The van der Waals surface area contributed by atoms with Gasteiger partial charge in [0.05, 0.1) is 0 Å². The van der Waals surface area contributed by atoms with Crippen LogP contribution in [0.25, 0.3) is 0 Å². The fourth-order valence-electron chi connectivity index (χ4n) is 4.55. The van der Waals surface area contributed by atoms with Gasteiger partial charge in [0.2, 0.25) is 0 Å². The van der Waals surface area contributed by atoms with Crippen LogP contribution in [0.5, 0.6) is 0 Å². The lowest BCUT2D eigenvalue weighted by molar-refractivity contribution is 0.150. The van der Waals surface area contributed by atoms with Crippen molar-refractivity contribution < 1.29 is 5.11 Å². The molecule has 0 radical (unpaired) electrons. The summed E-state index contributed by atoms with van der Waals surface area (Å²) in [7, 11) is 0. The summed E-state index contributed by atoms with van der Waals surface area (Å²) in [6.07, 6.45) is 10.1. The van der Waals surface area contributed by atoms with Crippen LogP contribution >= 0.6 is 0 Å². The van der Waals surface area contributed by atoms with E-state index in [1.807, 2.05) is 0 Å². The number of aliphatic hydroxyl groups excluding tert-OH is 1. The van der Waals surface area contributed by atoms with Crippen LogP contribution in [0.2, 0.25) is 0 Å². The van der Waals surface area contributed by atoms with Gasteiger partial charge < -0.3 is 20.6 Å². The third-order valence-corrected chi connectivity index (χ3v) is 5.91. The molecule has 152 valence electrons. The molecule has 0 aromatic heterocycles. The Hall–Kier alpha value is -0.810. The summed E-state index contributed by atoms with van der Waals surface area (Å²) in [5.41, 5.74) is 0. The summed E-state index contributed by atoms with van der Waals surface area (Å²) in [6, 6.07) is 1.39. The molecular weight excluding hydrogens is 324 g/mol. The Morgan fingerprint density at radius 3 is 2.42 bits per heavy atom. The van der Waals surface area contributed by atoms with Crippen LogP contribution in [0.3, 0.4) is 0 Å². The summed E-state index contributed by atoms with van der Waals surface area (Å²) in [4.78, 5) is 7.56. The summed E-state index contributed by atoms with van der Waals surface area (Å²) in [5.74, 6) is 2.08. The van der Waals surface area contributed by atoms with Crippen molar-refractivity contribution in [2.24, 2.45) is 16.8 Å². The zero-order valence-corrected chi connectivity index (χ0v) is 17.3. The molecule has 0 aromatic rings. The van der Waals surface area contributed by atoms with Crippen molar-refractivity contribution in [2.75, 3.05) is 32.8 Å². The van der Waals surface area contributed by atoms with Crippen molar-refractivity contribution in [3.05, 3.63) is 0 Å². The van der Waals surface area contributed by atoms with Crippen molar-refractivity contribution in [3.63, 3.8) is 0 Å². The third kappa shape index (κ3) is 7.43. The Morgan fingerprint density at radius 1 is 1.15 bits per heavy atom. The maximum Gasteiger partial charge on any atom is 0.191 e. The number of piperidine rings is 1. The van der Waals surface area contributed by atoms with Crippen LogP contribution in [0.15, 0.2) is 4.99 Å². The summed E-state index contributed by atoms with van der Waals surface area (Å²) in [6.45, 7) is 11.0. The van der Waals surface area contributed by atoms with Gasteiger partial charge in [-0.1, -0.05) is 26.7 Å². The van der Waals surface area contributed by atoms with E-state index in [9.17, 15) is 5.11 Å². The van der Waals surface area contributed by atoms with Crippen molar-refractivity contribution in [3.8, 4) is 0 Å². The maximum atomic E-state index is 9.31. The second-order valence-electron chi connectivity index (χ2n) is 8.62. The van der Waals surface area contributed by atoms with Gasteiger partial charge in [-0.3, -0.25) is 4.99 Å². The molecule has 1 aliphatic heterocycles. The van der Waals surface area contributed by atoms with Gasteiger partial charge in [-0.05, 0) is 57.3 Å². The first-order chi connectivity index (χ1) is 12.6. The third-order valence-electron chi connectivity index (χ3n) is 5.91. The van der Waals surface area contributed by atoms with E-state index in [4.69, 9.17) is 4.99 Å². The van der Waals surface area contributed by atoms with E-state index in [0.29, 0.717) is 17.9 Å². The van der Waals surface area contributed by atoms with Gasteiger partial charge in [0.15, 0.2) is 5.96 Å². The second kappa shape index (κ2) is 11.8. The minimum atomic E-state index is 0.260. The molecule has 2 rings (SSSR count). The smallest absolute Gasteiger partial charge is 0.191 e. The van der Waals surface area contributed by atoms with Crippen LogP contribution in [-0.4, -0.2) is 60.8 Å². The number of rotatable bonds is 9. The molecular formula is C21H42N4O. The SMILES string of the molecule is CCNC(=NCC(CCO)CC(C)C)NC1CCN(C2CCCC2)CC1. The Morgan fingerprint density at radius 2 is 1.85 bits per heavy atom. The standard InChI is InChI=1S/C21H42N4O/c1-4-22-21(23-16-18(11-14-26)15-17(2)3)24-19-9-12-25(13-10-19)20-7-5-6-8-20/h17-20,26H,4-16H2,1-3H3,(H2,22,23,24). The van der Waals surface area contributed by atoms with Crippen LogP contribution < -0.4 is 10.6 Å². The summed E-state index contributed by atoms with van der Waals surface area (Å²) < 4.78 is 0. The first-order valence-corrected chi connectivity index (χ1v) is 11.0. The van der Waals surface area contributed by atoms with E-state index in [1.54, 1.807) is 0 Å². The predicted octanol–water partition coefficient (Wildman–Crippen LogP) is 2.99. The number of hydrogen-bond acceptors (Lipinski definition) is 3. The normalized spacial score (nSPS) is 22.1. The quantitative estimate of drug-likeness (QED) is 0.434. The monoisotopic (exact) mass is 366 g/mol. The number of hydrogen-bond donors (Lipinski definition) is 3. The zero-order chi connectivity index (χ0) is 18.8. The van der Waals surface area contributed by atoms with Gasteiger partial charge in [0.1, 0.15) is 0 Å². The topological polar surface area (TPSA) is 59.9 Å². The second-order valence-corrected chi connectivity index (χ2v) is 8.62. The highest BCUT2D eigenvalue weighted by Crippen LogP contribution is 2.26. The minimum Gasteiger partial charge on any atom is -0.396 e. The molecule has 0 spiro atoms. The average molecular weight is 367 g/mol. The number of likely N-dealkylation sites (tertiary alicyclic amines) is 1. The lowest BCUT2D eigenvalue weighted by Crippen LogP contribution is -2.50. The summed E-state index contributed by atoms with van der Waals surface area (Å²) >= 11 is 0. The number of aliphatic imine (C=N–C) groups is 1. The molecule has 0 bridgehead atoms. The Bertz CT molecular complexity index is 399. The molecule has 5 heteroatoms. The lowest BCUT2D eigenvalue weighted by atomic mass is 9.94. The molecule has 2 aliphatic rings. The Kier molecular flexibility index (Phi) is 9.76. The van der Waals surface area contributed by atoms with Crippen molar-refractivity contribution in [1.82, 2.24) is 15.5 Å². The predicted molar refractivity (Wildman–Crippen MR) is 111 cm³/mol. The molecule has 1 heterocycles. The molecule has 1 aliphatic carbocycles.